The maximum absolute atomic E-state index is 10.6. The van der Waals surface area contributed by atoms with E-state index in [0.29, 0.717) is 11.1 Å². The van der Waals surface area contributed by atoms with E-state index in [-0.39, 0.29) is 47.2 Å². The van der Waals surface area contributed by atoms with Crippen molar-refractivity contribution in [3.05, 3.63) is 161 Å². The molecule has 5 aromatic carbocycles. The zero-order valence-corrected chi connectivity index (χ0v) is 44.4. The fourth-order valence-electron chi connectivity index (χ4n) is 8.75. The Kier molecular flexibility index (Phi) is 12.9. The summed E-state index contributed by atoms with van der Waals surface area (Å²) in [5.74, 6) is 0. The molecule has 0 aliphatic rings. The van der Waals surface area contributed by atoms with Crippen molar-refractivity contribution < 1.29 is 24.5 Å². The Hall–Kier alpha value is -5.86. The normalized spacial score (nSPS) is 12.6. The molecule has 9 aromatic rings. The summed E-state index contributed by atoms with van der Waals surface area (Å²) in [6, 6.07) is 45.4. The van der Waals surface area contributed by atoms with Gasteiger partial charge in [0.2, 0.25) is 0 Å². The van der Waals surface area contributed by atoms with Crippen LogP contribution in [0.4, 0.5) is 0 Å². The Balaban J connectivity index is 0.000000267. The van der Waals surface area contributed by atoms with Crippen molar-refractivity contribution in [2.24, 2.45) is 0 Å². The number of nitriles is 1. The van der Waals surface area contributed by atoms with Crippen molar-refractivity contribution in [1.82, 2.24) is 14.5 Å². The van der Waals surface area contributed by atoms with E-state index >= 15 is 0 Å². The molecule has 1 radical (unpaired) electrons. The zero-order valence-electron chi connectivity index (χ0n) is 42.0. The van der Waals surface area contributed by atoms with E-state index in [9.17, 15) is 5.26 Å². The number of rotatable bonds is 3. The monoisotopic (exact) mass is 1060 g/mol. The number of aromatic nitrogens is 3. The number of pyridine rings is 2. The number of furan rings is 1. The zero-order chi connectivity index (χ0) is 47.7. The molecule has 9 rings (SSSR count). The molecule has 0 saturated heterocycles. The van der Waals surface area contributed by atoms with Crippen molar-refractivity contribution >= 4 is 43.7 Å². The average molecular weight is 1060 g/mol. The van der Waals surface area contributed by atoms with Gasteiger partial charge in [0, 0.05) is 48.7 Å². The second-order valence-corrected chi connectivity index (χ2v) is 23.0. The van der Waals surface area contributed by atoms with Crippen LogP contribution in [0.1, 0.15) is 137 Å². The molecule has 0 spiro atoms. The number of benzene rings is 5. The Morgan fingerprint density at radius 1 is 0.552 bits per heavy atom. The van der Waals surface area contributed by atoms with Gasteiger partial charge in [-0.3, -0.25) is 0 Å². The minimum atomic E-state index is -0.165. The van der Waals surface area contributed by atoms with Gasteiger partial charge < -0.3 is 19.0 Å². The second kappa shape index (κ2) is 17.7. The van der Waals surface area contributed by atoms with Gasteiger partial charge in [-0.15, -0.1) is 53.1 Å². The molecule has 0 unspecified atom stereocenters. The van der Waals surface area contributed by atoms with Crippen LogP contribution in [0, 0.1) is 23.5 Å². The van der Waals surface area contributed by atoms with Gasteiger partial charge in [0.1, 0.15) is 17.3 Å². The van der Waals surface area contributed by atoms with Gasteiger partial charge >= 0.3 is 0 Å². The molecule has 0 atom stereocenters. The first-order valence-electron chi connectivity index (χ1n) is 23.2. The molecule has 0 aliphatic heterocycles. The largest absolute Gasteiger partial charge is 0.498 e. The SMILES string of the molecule is CC(C)(C)c1ccc(-c2[c-]ccc(C(C)(C)C)c2)nc1.CC(C)(C)c1ccc2c(c1)c1cc(C(C)(C)C)ccc1n2-c1c(C#N)ccc2c1oc1c(-c3ccccn3)[c-]cc(C(C)(C)C)c12.[Ir]. The second-order valence-electron chi connectivity index (χ2n) is 23.0. The van der Waals surface area contributed by atoms with Gasteiger partial charge in [0.25, 0.3) is 0 Å². The first kappa shape index (κ1) is 49.1. The van der Waals surface area contributed by atoms with Crippen LogP contribution in [0.2, 0.25) is 0 Å². The predicted molar refractivity (Wildman–Crippen MR) is 277 cm³/mol. The van der Waals surface area contributed by atoms with Crippen LogP contribution in [-0.2, 0) is 47.2 Å². The number of fused-ring (bicyclic) bond motifs is 6. The van der Waals surface area contributed by atoms with E-state index < -0.39 is 0 Å². The quantitative estimate of drug-likeness (QED) is 0.165. The summed E-state index contributed by atoms with van der Waals surface area (Å²) in [6.45, 7) is 33.4. The van der Waals surface area contributed by atoms with Crippen LogP contribution < -0.4 is 0 Å². The van der Waals surface area contributed by atoms with E-state index in [1.165, 1.54) is 33.0 Å². The first-order chi connectivity index (χ1) is 30.9. The fraction of sp³-hybridized carbons (Fsp3) is 0.328. The molecule has 5 nitrogen and oxygen atoms in total. The van der Waals surface area contributed by atoms with E-state index in [1.54, 1.807) is 6.20 Å². The summed E-state index contributed by atoms with van der Waals surface area (Å²) in [5.41, 5.74) is 14.9. The molecule has 345 valence electrons. The first-order valence-corrected chi connectivity index (χ1v) is 23.2. The van der Waals surface area contributed by atoms with Crippen LogP contribution in [0.25, 0.3) is 71.9 Å². The van der Waals surface area contributed by atoms with Crippen molar-refractivity contribution in [3.8, 4) is 34.3 Å². The van der Waals surface area contributed by atoms with E-state index in [0.717, 1.165) is 61.2 Å². The summed E-state index contributed by atoms with van der Waals surface area (Å²) < 4.78 is 9.23. The van der Waals surface area contributed by atoms with Crippen LogP contribution in [-0.4, -0.2) is 14.5 Å². The number of hydrogen-bond acceptors (Lipinski definition) is 4. The van der Waals surface area contributed by atoms with Gasteiger partial charge in [-0.05, 0) is 91.6 Å². The van der Waals surface area contributed by atoms with Crippen molar-refractivity contribution in [2.45, 2.75) is 131 Å². The van der Waals surface area contributed by atoms with Crippen LogP contribution in [0.3, 0.4) is 0 Å². The van der Waals surface area contributed by atoms with Gasteiger partial charge in [-0.2, -0.15) is 5.26 Å². The summed E-state index contributed by atoms with van der Waals surface area (Å²) in [5, 5.41) is 15.0. The minimum absolute atomic E-state index is 0. The van der Waals surface area contributed by atoms with Crippen molar-refractivity contribution in [3.63, 3.8) is 0 Å². The van der Waals surface area contributed by atoms with Crippen LogP contribution in [0.15, 0.2) is 120 Å². The predicted octanol–water partition coefficient (Wildman–Crippen LogP) is 16.5. The van der Waals surface area contributed by atoms with Crippen molar-refractivity contribution in [2.75, 3.05) is 0 Å². The van der Waals surface area contributed by atoms with E-state index in [4.69, 9.17) is 4.42 Å². The molecule has 0 aliphatic carbocycles. The van der Waals surface area contributed by atoms with E-state index in [2.05, 4.69) is 203 Å². The summed E-state index contributed by atoms with van der Waals surface area (Å²) in [7, 11) is 0. The molecule has 0 fully saturated rings. The third-order valence-corrected chi connectivity index (χ3v) is 12.8. The molecule has 0 amide bonds. The summed E-state index contributed by atoms with van der Waals surface area (Å²) in [4.78, 5) is 9.26. The fourth-order valence-corrected chi connectivity index (χ4v) is 8.75. The Morgan fingerprint density at radius 2 is 1.13 bits per heavy atom. The standard InChI is InChI=1S/C42H40N3O.C19H24N.Ir/c1-40(2,3)26-14-19-34-30(22-26)31-23-27(41(4,5)6)15-20-35(31)45(34)37-25(24-43)13-16-29-36-32(42(7,8)9)18-17-28(38(36)46-39(29)37)33-12-10-11-21-44-33;1-18(2,3)15-9-7-8-14(12-15)17-11-10-16(13-20-17)19(4,5)6;/h10-16,18-23H,1-9H3;7,9-13H,1-6H3;/q2*-1;. The van der Waals surface area contributed by atoms with Gasteiger partial charge in [-0.25, -0.2) is 0 Å². The molecule has 0 bridgehead atoms. The summed E-state index contributed by atoms with van der Waals surface area (Å²) >= 11 is 0. The molecule has 67 heavy (non-hydrogen) atoms. The van der Waals surface area contributed by atoms with Crippen molar-refractivity contribution in [1.29, 1.82) is 5.26 Å². The Labute approximate surface area is 412 Å². The smallest absolute Gasteiger partial charge is 0.146 e. The number of hydrogen-bond donors (Lipinski definition) is 0. The van der Waals surface area contributed by atoms with E-state index in [1.807, 2.05) is 42.6 Å². The maximum Gasteiger partial charge on any atom is 0.146 e. The average Bonchev–Trinajstić information content (AvgIpc) is 3.80. The Morgan fingerprint density at radius 3 is 1.64 bits per heavy atom. The molecule has 0 N–H and O–H groups in total. The number of nitrogens with zero attached hydrogens (tertiary/aromatic N) is 4. The third-order valence-electron chi connectivity index (χ3n) is 12.8. The third kappa shape index (κ3) is 9.52. The van der Waals surface area contributed by atoms with Gasteiger partial charge in [0.05, 0.1) is 22.2 Å². The summed E-state index contributed by atoms with van der Waals surface area (Å²) in [6.07, 6.45) is 3.78. The van der Waals surface area contributed by atoms with Gasteiger partial charge in [-0.1, -0.05) is 157 Å². The molecular formula is C61H64IrN4O-2. The topological polar surface area (TPSA) is 67.6 Å². The maximum atomic E-state index is 10.6. The van der Waals surface area contributed by atoms with Gasteiger partial charge in [0.15, 0.2) is 0 Å². The minimum Gasteiger partial charge on any atom is -0.498 e. The molecule has 4 heterocycles. The molecule has 4 aromatic heterocycles. The van der Waals surface area contributed by atoms with Crippen LogP contribution >= 0.6 is 0 Å². The molecular weight excluding hydrogens is 997 g/mol. The molecule has 6 heteroatoms. The Bertz CT molecular complexity index is 3240. The molecule has 0 saturated carbocycles. The van der Waals surface area contributed by atoms with Crippen LogP contribution in [0.5, 0.6) is 0 Å².